The predicted molar refractivity (Wildman–Crippen MR) is 108 cm³/mol. The van der Waals surface area contributed by atoms with E-state index in [1.54, 1.807) is 14.2 Å². The molecule has 0 saturated heterocycles. The smallest absolute Gasteiger partial charge is 0.161 e. The van der Waals surface area contributed by atoms with Gasteiger partial charge < -0.3 is 19.7 Å². The number of aromatic nitrogens is 3. The highest BCUT2D eigenvalue weighted by molar-refractivity contribution is 5.68. The van der Waals surface area contributed by atoms with Crippen LogP contribution in [0.4, 0.5) is 5.82 Å². The van der Waals surface area contributed by atoms with Crippen LogP contribution in [0.1, 0.15) is 12.1 Å². The Morgan fingerprint density at radius 3 is 2.56 bits per heavy atom. The largest absolute Gasteiger partial charge is 0.493 e. The molecular formula is C20H27N5O2. The Kier molecular flexibility index (Phi) is 5.81. The third kappa shape index (κ3) is 4.31. The summed E-state index contributed by atoms with van der Waals surface area (Å²) in [5.41, 5.74) is 3.56. The van der Waals surface area contributed by atoms with E-state index in [0.717, 1.165) is 47.9 Å². The Morgan fingerprint density at radius 1 is 1.07 bits per heavy atom. The molecule has 7 heteroatoms. The molecular weight excluding hydrogens is 342 g/mol. The molecule has 0 spiro atoms. The van der Waals surface area contributed by atoms with Gasteiger partial charge in [0.15, 0.2) is 17.1 Å². The number of anilines is 1. The van der Waals surface area contributed by atoms with Crippen LogP contribution in [0.5, 0.6) is 11.5 Å². The Balaban J connectivity index is 1.91. The molecule has 0 radical (unpaired) electrons. The fourth-order valence-electron chi connectivity index (χ4n) is 2.97. The summed E-state index contributed by atoms with van der Waals surface area (Å²) < 4.78 is 12.6. The van der Waals surface area contributed by atoms with Crippen molar-refractivity contribution in [1.82, 2.24) is 19.5 Å². The van der Waals surface area contributed by atoms with Crippen LogP contribution in [-0.4, -0.2) is 60.9 Å². The molecule has 3 rings (SSSR count). The number of aryl methyl sites for hydroxylation is 1. The molecule has 0 bridgehead atoms. The van der Waals surface area contributed by atoms with Gasteiger partial charge in [-0.15, -0.1) is 0 Å². The minimum absolute atomic E-state index is 0.679. The molecule has 27 heavy (non-hydrogen) atoms. The number of methoxy groups -OCH3 is 2. The minimum atomic E-state index is 0.679. The van der Waals surface area contributed by atoms with Crippen molar-refractivity contribution in [2.24, 2.45) is 0 Å². The molecule has 1 aromatic carbocycles. The first kappa shape index (κ1) is 19.0. The van der Waals surface area contributed by atoms with Crippen molar-refractivity contribution in [3.8, 4) is 22.8 Å². The zero-order valence-corrected chi connectivity index (χ0v) is 16.6. The van der Waals surface area contributed by atoms with E-state index in [4.69, 9.17) is 14.6 Å². The summed E-state index contributed by atoms with van der Waals surface area (Å²) in [5.74, 6) is 2.32. The van der Waals surface area contributed by atoms with Gasteiger partial charge >= 0.3 is 0 Å². The second-order valence-electron chi connectivity index (χ2n) is 6.74. The number of ether oxygens (including phenoxy) is 2. The van der Waals surface area contributed by atoms with Crippen molar-refractivity contribution in [3.05, 3.63) is 36.0 Å². The molecule has 0 aliphatic carbocycles. The van der Waals surface area contributed by atoms with E-state index in [2.05, 4.69) is 29.3 Å². The quantitative estimate of drug-likeness (QED) is 0.616. The van der Waals surface area contributed by atoms with Crippen molar-refractivity contribution < 1.29 is 9.47 Å². The molecule has 3 aromatic rings. The molecule has 2 heterocycles. The van der Waals surface area contributed by atoms with E-state index in [0.29, 0.717) is 11.5 Å². The second-order valence-corrected chi connectivity index (χ2v) is 6.74. The number of rotatable bonds is 8. The maximum Gasteiger partial charge on any atom is 0.161 e. The maximum absolute atomic E-state index is 5.41. The van der Waals surface area contributed by atoms with Gasteiger partial charge in [0.1, 0.15) is 5.82 Å². The van der Waals surface area contributed by atoms with Crippen molar-refractivity contribution in [2.75, 3.05) is 46.7 Å². The van der Waals surface area contributed by atoms with E-state index in [-0.39, 0.29) is 0 Å². The summed E-state index contributed by atoms with van der Waals surface area (Å²) in [6, 6.07) is 9.79. The number of fused-ring (bicyclic) bond motifs is 1. The summed E-state index contributed by atoms with van der Waals surface area (Å²) in [6.45, 7) is 3.91. The van der Waals surface area contributed by atoms with E-state index >= 15 is 0 Å². The molecule has 0 aliphatic heterocycles. The molecule has 0 fully saturated rings. The molecule has 1 N–H and O–H groups in total. The van der Waals surface area contributed by atoms with Gasteiger partial charge in [-0.05, 0) is 52.2 Å². The van der Waals surface area contributed by atoms with Crippen LogP contribution in [0.3, 0.4) is 0 Å². The summed E-state index contributed by atoms with van der Waals surface area (Å²) in [6.07, 6.45) is 1.06. The van der Waals surface area contributed by atoms with Crippen molar-refractivity contribution in [2.45, 2.75) is 13.3 Å². The Hall–Kier alpha value is -2.80. The first-order chi connectivity index (χ1) is 13.0. The zero-order valence-electron chi connectivity index (χ0n) is 16.6. The summed E-state index contributed by atoms with van der Waals surface area (Å²) >= 11 is 0. The standard InChI is InChI=1S/C20H27N5O2/c1-14-11-19(21-9-6-10-24(2)3)25-20(22-14)13-16(23-25)15-7-8-17(26-4)18(12-15)27-5/h7-8,11-13,21H,6,9-10H2,1-5H3. The summed E-state index contributed by atoms with van der Waals surface area (Å²) in [4.78, 5) is 6.79. The number of benzene rings is 1. The average Bonchev–Trinajstić information content (AvgIpc) is 3.08. The lowest BCUT2D eigenvalue weighted by Gasteiger charge is -2.12. The van der Waals surface area contributed by atoms with Crippen molar-refractivity contribution in [3.63, 3.8) is 0 Å². The molecule has 0 aliphatic rings. The molecule has 0 amide bonds. The minimum Gasteiger partial charge on any atom is -0.493 e. The molecule has 0 saturated carbocycles. The van der Waals surface area contributed by atoms with Crippen LogP contribution in [0.25, 0.3) is 16.9 Å². The summed E-state index contributed by atoms with van der Waals surface area (Å²) in [7, 11) is 7.42. The van der Waals surface area contributed by atoms with Gasteiger partial charge in [0, 0.05) is 29.9 Å². The predicted octanol–water partition coefficient (Wildman–Crippen LogP) is 3.09. The van der Waals surface area contributed by atoms with Crippen molar-refractivity contribution in [1.29, 1.82) is 0 Å². The highest BCUT2D eigenvalue weighted by Gasteiger charge is 2.12. The second kappa shape index (κ2) is 8.26. The van der Waals surface area contributed by atoms with Crippen LogP contribution in [-0.2, 0) is 0 Å². The van der Waals surface area contributed by atoms with Crippen molar-refractivity contribution >= 4 is 11.5 Å². The third-order valence-electron chi connectivity index (χ3n) is 4.32. The molecule has 0 atom stereocenters. The van der Waals surface area contributed by atoms with Gasteiger partial charge in [0.25, 0.3) is 0 Å². The van der Waals surface area contributed by atoms with Gasteiger partial charge in [-0.3, -0.25) is 0 Å². The number of hydrogen-bond donors (Lipinski definition) is 1. The van der Waals surface area contributed by atoms with E-state index in [1.165, 1.54) is 0 Å². The topological polar surface area (TPSA) is 63.9 Å². The molecule has 7 nitrogen and oxygen atoms in total. The summed E-state index contributed by atoms with van der Waals surface area (Å²) in [5, 5.41) is 8.23. The molecule has 0 unspecified atom stereocenters. The Bertz CT molecular complexity index is 920. The van der Waals surface area contributed by atoms with Gasteiger partial charge in [0.2, 0.25) is 0 Å². The lowest BCUT2D eigenvalue weighted by atomic mass is 10.1. The molecule has 2 aromatic heterocycles. The van der Waals surface area contributed by atoms with Crippen LogP contribution in [0.2, 0.25) is 0 Å². The van der Waals surface area contributed by atoms with Gasteiger partial charge in [0.05, 0.1) is 19.9 Å². The Labute approximate surface area is 159 Å². The third-order valence-corrected chi connectivity index (χ3v) is 4.32. The van der Waals surface area contributed by atoms with E-state index in [9.17, 15) is 0 Å². The van der Waals surface area contributed by atoms with Crippen LogP contribution < -0.4 is 14.8 Å². The van der Waals surface area contributed by atoms with Gasteiger partial charge in [-0.25, -0.2) is 4.98 Å². The lowest BCUT2D eigenvalue weighted by molar-refractivity contribution is 0.355. The zero-order chi connectivity index (χ0) is 19.4. The average molecular weight is 369 g/mol. The number of nitrogens with zero attached hydrogens (tertiary/aromatic N) is 4. The molecule has 144 valence electrons. The highest BCUT2D eigenvalue weighted by atomic mass is 16.5. The first-order valence-electron chi connectivity index (χ1n) is 9.00. The van der Waals surface area contributed by atoms with E-state index in [1.807, 2.05) is 41.8 Å². The normalized spacial score (nSPS) is 11.2. The Morgan fingerprint density at radius 2 is 1.85 bits per heavy atom. The lowest BCUT2D eigenvalue weighted by Crippen LogP contribution is -2.17. The first-order valence-corrected chi connectivity index (χ1v) is 9.00. The van der Waals surface area contributed by atoms with Gasteiger partial charge in [-0.1, -0.05) is 0 Å². The van der Waals surface area contributed by atoms with Crippen LogP contribution in [0, 0.1) is 6.92 Å². The fourth-order valence-corrected chi connectivity index (χ4v) is 2.97. The fraction of sp³-hybridized carbons (Fsp3) is 0.400. The number of hydrogen-bond acceptors (Lipinski definition) is 6. The van der Waals surface area contributed by atoms with Gasteiger partial charge in [-0.2, -0.15) is 9.61 Å². The van der Waals surface area contributed by atoms with Crippen LogP contribution in [0.15, 0.2) is 30.3 Å². The van der Waals surface area contributed by atoms with Crippen LogP contribution >= 0.6 is 0 Å². The SMILES string of the molecule is COc1ccc(-c2cc3nc(C)cc(NCCCN(C)C)n3n2)cc1OC. The van der Waals surface area contributed by atoms with E-state index < -0.39 is 0 Å². The highest BCUT2D eigenvalue weighted by Crippen LogP contribution is 2.32. The monoisotopic (exact) mass is 369 g/mol. The maximum atomic E-state index is 5.41. The number of nitrogens with one attached hydrogen (secondary N) is 1.